The maximum Gasteiger partial charge on any atom is 0.306 e. The number of nitrogens with one attached hydrogen (secondary N) is 1. The molecule has 1 fully saturated rings. The van der Waals surface area contributed by atoms with E-state index in [2.05, 4.69) is 54.1 Å². The van der Waals surface area contributed by atoms with Gasteiger partial charge < -0.3 is 15.0 Å². The lowest BCUT2D eigenvalue weighted by Crippen LogP contribution is -2.29. The van der Waals surface area contributed by atoms with Crippen LogP contribution >= 0.6 is 0 Å². The lowest BCUT2D eigenvalue weighted by Gasteiger charge is -2.27. The summed E-state index contributed by atoms with van der Waals surface area (Å²) in [6, 6.07) is 11.0. The van der Waals surface area contributed by atoms with Crippen LogP contribution in [0.15, 0.2) is 30.3 Å². The highest BCUT2D eigenvalue weighted by molar-refractivity contribution is 5.76. The normalized spacial score (nSPS) is 19.2. The predicted octanol–water partition coefficient (Wildman–Crippen LogP) is 4.71. The first-order chi connectivity index (χ1) is 14.4. The average Bonchev–Trinajstić information content (AvgIpc) is 3.07. The van der Waals surface area contributed by atoms with Gasteiger partial charge in [0.2, 0.25) is 0 Å². The molecule has 0 spiro atoms. The summed E-state index contributed by atoms with van der Waals surface area (Å²) >= 11 is 0. The standard InChI is InChI=1S/C24H30N4O2/c1-4-21-27-22-15(2)13-16(3)25-23(22)28(21)14-17-5-9-19(10-6-17)26-20-11-7-18(8-12-20)24(29)30/h5-6,9-10,13,18,20,26H,4,7-8,11-12,14H2,1-3H3,(H,29,30)/t18-,20-. The molecular formula is C24H30N4O2. The number of aliphatic carboxylic acids is 1. The number of benzene rings is 1. The Morgan fingerprint density at radius 2 is 1.83 bits per heavy atom. The van der Waals surface area contributed by atoms with Crippen molar-refractivity contribution in [1.82, 2.24) is 14.5 Å². The molecule has 1 aliphatic rings. The van der Waals surface area contributed by atoms with Crippen LogP contribution in [0.25, 0.3) is 11.2 Å². The first-order valence-electron chi connectivity index (χ1n) is 10.9. The van der Waals surface area contributed by atoms with Crippen molar-refractivity contribution in [2.24, 2.45) is 5.92 Å². The number of carboxylic acids is 1. The highest BCUT2D eigenvalue weighted by Gasteiger charge is 2.25. The smallest absolute Gasteiger partial charge is 0.306 e. The van der Waals surface area contributed by atoms with Crippen LogP contribution in [-0.4, -0.2) is 31.7 Å². The van der Waals surface area contributed by atoms with Crippen molar-refractivity contribution in [3.8, 4) is 0 Å². The van der Waals surface area contributed by atoms with Crippen molar-refractivity contribution in [3.05, 3.63) is 53.0 Å². The molecule has 0 radical (unpaired) electrons. The Bertz CT molecular complexity index is 1050. The Balaban J connectivity index is 1.47. The van der Waals surface area contributed by atoms with Crippen molar-refractivity contribution >= 4 is 22.8 Å². The summed E-state index contributed by atoms with van der Waals surface area (Å²) < 4.78 is 2.23. The second-order valence-corrected chi connectivity index (χ2v) is 8.45. The molecule has 6 nitrogen and oxygen atoms in total. The fourth-order valence-electron chi connectivity index (χ4n) is 4.49. The number of anilines is 1. The minimum absolute atomic E-state index is 0.177. The number of carboxylic acid groups (broad SMARTS) is 1. The van der Waals surface area contributed by atoms with Crippen molar-refractivity contribution < 1.29 is 9.90 Å². The van der Waals surface area contributed by atoms with Crippen LogP contribution in [0.5, 0.6) is 0 Å². The average molecular weight is 407 g/mol. The zero-order valence-corrected chi connectivity index (χ0v) is 18.0. The summed E-state index contributed by atoms with van der Waals surface area (Å²) in [5.41, 5.74) is 6.44. The maximum atomic E-state index is 11.1. The number of carbonyl (C=O) groups is 1. The molecule has 0 unspecified atom stereocenters. The van der Waals surface area contributed by atoms with E-state index in [-0.39, 0.29) is 5.92 Å². The number of aryl methyl sites for hydroxylation is 3. The van der Waals surface area contributed by atoms with E-state index in [1.54, 1.807) is 0 Å². The van der Waals surface area contributed by atoms with Gasteiger partial charge >= 0.3 is 5.97 Å². The van der Waals surface area contributed by atoms with E-state index in [1.807, 2.05) is 6.92 Å². The molecule has 0 amide bonds. The Morgan fingerprint density at radius 3 is 2.47 bits per heavy atom. The molecule has 4 rings (SSSR count). The zero-order valence-electron chi connectivity index (χ0n) is 18.0. The molecule has 158 valence electrons. The summed E-state index contributed by atoms with van der Waals surface area (Å²) in [6.45, 7) is 7.00. The van der Waals surface area contributed by atoms with Crippen LogP contribution in [0, 0.1) is 19.8 Å². The molecule has 2 aromatic heterocycles. The van der Waals surface area contributed by atoms with Gasteiger partial charge in [0, 0.05) is 23.8 Å². The van der Waals surface area contributed by atoms with E-state index < -0.39 is 5.97 Å². The van der Waals surface area contributed by atoms with Crippen LogP contribution in [0.1, 0.15) is 55.3 Å². The summed E-state index contributed by atoms with van der Waals surface area (Å²) in [5.74, 6) is 0.226. The van der Waals surface area contributed by atoms with Gasteiger partial charge in [-0.1, -0.05) is 19.1 Å². The Morgan fingerprint density at radius 1 is 1.13 bits per heavy atom. The fourth-order valence-corrected chi connectivity index (χ4v) is 4.49. The minimum Gasteiger partial charge on any atom is -0.481 e. The van der Waals surface area contributed by atoms with E-state index >= 15 is 0 Å². The van der Waals surface area contributed by atoms with Crippen molar-refractivity contribution in [3.63, 3.8) is 0 Å². The molecule has 6 heteroatoms. The van der Waals surface area contributed by atoms with Crippen LogP contribution in [-0.2, 0) is 17.8 Å². The number of fused-ring (bicyclic) bond motifs is 1. The Hall–Kier alpha value is -2.89. The molecule has 3 aromatic rings. The first-order valence-corrected chi connectivity index (χ1v) is 10.9. The van der Waals surface area contributed by atoms with Gasteiger partial charge in [0.15, 0.2) is 5.65 Å². The molecule has 0 bridgehead atoms. The summed E-state index contributed by atoms with van der Waals surface area (Å²) in [5, 5.41) is 12.7. The first kappa shape index (κ1) is 20.4. The molecular weight excluding hydrogens is 376 g/mol. The van der Waals surface area contributed by atoms with Crippen LogP contribution < -0.4 is 5.32 Å². The molecule has 1 aliphatic carbocycles. The van der Waals surface area contributed by atoms with E-state index in [0.717, 1.165) is 67.0 Å². The van der Waals surface area contributed by atoms with Crippen LogP contribution in [0.2, 0.25) is 0 Å². The highest BCUT2D eigenvalue weighted by Crippen LogP contribution is 2.27. The van der Waals surface area contributed by atoms with Crippen molar-refractivity contribution in [1.29, 1.82) is 0 Å². The fraction of sp³-hybridized carbons (Fsp3) is 0.458. The van der Waals surface area contributed by atoms with Gasteiger partial charge in [0.05, 0.1) is 12.5 Å². The van der Waals surface area contributed by atoms with Gasteiger partial charge in [0.25, 0.3) is 0 Å². The molecule has 0 atom stereocenters. The van der Waals surface area contributed by atoms with Gasteiger partial charge in [-0.05, 0) is 68.9 Å². The molecule has 0 aliphatic heterocycles. The molecule has 1 saturated carbocycles. The SMILES string of the molecule is CCc1nc2c(C)cc(C)nc2n1Cc1ccc(N[C@H]2CC[C@H](C(=O)O)CC2)cc1. The number of pyridine rings is 1. The largest absolute Gasteiger partial charge is 0.481 e. The highest BCUT2D eigenvalue weighted by atomic mass is 16.4. The second-order valence-electron chi connectivity index (χ2n) is 8.45. The molecule has 2 N–H and O–H groups in total. The molecule has 30 heavy (non-hydrogen) atoms. The summed E-state index contributed by atoms with van der Waals surface area (Å²) in [6.07, 6.45) is 4.19. The summed E-state index contributed by atoms with van der Waals surface area (Å²) in [4.78, 5) is 20.7. The number of hydrogen-bond donors (Lipinski definition) is 2. The third kappa shape index (κ3) is 4.18. The lowest BCUT2D eigenvalue weighted by atomic mass is 9.86. The Kier molecular flexibility index (Phi) is 5.75. The van der Waals surface area contributed by atoms with Gasteiger partial charge in [-0.25, -0.2) is 9.97 Å². The second kappa shape index (κ2) is 8.46. The van der Waals surface area contributed by atoms with Crippen LogP contribution in [0.3, 0.4) is 0 Å². The summed E-state index contributed by atoms with van der Waals surface area (Å²) in [7, 11) is 0. The van der Waals surface area contributed by atoms with Gasteiger partial charge in [0.1, 0.15) is 11.3 Å². The Labute approximate surface area is 177 Å². The third-order valence-corrected chi connectivity index (χ3v) is 6.16. The minimum atomic E-state index is -0.656. The number of imidazole rings is 1. The predicted molar refractivity (Wildman–Crippen MR) is 119 cm³/mol. The molecule has 0 saturated heterocycles. The number of hydrogen-bond acceptors (Lipinski definition) is 4. The van der Waals surface area contributed by atoms with Gasteiger partial charge in [-0.3, -0.25) is 4.79 Å². The number of rotatable bonds is 6. The number of nitrogens with zero attached hydrogens (tertiary/aromatic N) is 3. The zero-order chi connectivity index (χ0) is 21.3. The van der Waals surface area contributed by atoms with E-state index in [0.29, 0.717) is 6.04 Å². The van der Waals surface area contributed by atoms with Crippen LogP contribution in [0.4, 0.5) is 5.69 Å². The van der Waals surface area contributed by atoms with E-state index in [1.165, 1.54) is 11.1 Å². The quantitative estimate of drug-likeness (QED) is 0.619. The van der Waals surface area contributed by atoms with E-state index in [9.17, 15) is 4.79 Å². The molecule has 1 aromatic carbocycles. The van der Waals surface area contributed by atoms with Crippen molar-refractivity contribution in [2.75, 3.05) is 5.32 Å². The van der Waals surface area contributed by atoms with E-state index in [4.69, 9.17) is 15.1 Å². The monoisotopic (exact) mass is 406 g/mol. The number of aromatic nitrogens is 3. The topological polar surface area (TPSA) is 80.0 Å². The third-order valence-electron chi connectivity index (χ3n) is 6.16. The van der Waals surface area contributed by atoms with Gasteiger partial charge in [-0.2, -0.15) is 0 Å². The maximum absolute atomic E-state index is 11.1. The van der Waals surface area contributed by atoms with Crippen molar-refractivity contribution in [2.45, 2.75) is 65.5 Å². The van der Waals surface area contributed by atoms with Gasteiger partial charge in [-0.15, -0.1) is 0 Å². The lowest BCUT2D eigenvalue weighted by molar-refractivity contribution is -0.142. The molecule has 2 heterocycles.